The van der Waals surface area contributed by atoms with Gasteiger partial charge in [-0.05, 0) is 61.7 Å². The molecule has 3 aromatic rings. The third-order valence-corrected chi connectivity index (χ3v) is 6.32. The first kappa shape index (κ1) is 23.4. The third kappa shape index (κ3) is 5.57. The van der Waals surface area contributed by atoms with E-state index in [2.05, 4.69) is 15.5 Å². The average molecular weight is 458 g/mol. The van der Waals surface area contributed by atoms with Gasteiger partial charge in [0.05, 0.1) is 18.7 Å². The Labute approximate surface area is 200 Å². The number of carbonyl (C=O) groups is 2. The minimum absolute atomic E-state index is 0.0734. The molecule has 6 heteroatoms. The number of anilines is 1. The number of hydrogen-bond acceptors (Lipinski definition) is 4. The van der Waals surface area contributed by atoms with E-state index in [1.807, 2.05) is 61.5 Å². The summed E-state index contributed by atoms with van der Waals surface area (Å²) in [6, 6.07) is 24.8. The predicted octanol–water partition coefficient (Wildman–Crippen LogP) is 4.59. The highest BCUT2D eigenvalue weighted by atomic mass is 16.5. The molecule has 0 aromatic heterocycles. The van der Waals surface area contributed by atoms with Crippen molar-refractivity contribution < 1.29 is 14.3 Å². The first-order valence-corrected chi connectivity index (χ1v) is 11.7. The Kier molecular flexibility index (Phi) is 7.48. The van der Waals surface area contributed by atoms with Crippen LogP contribution in [-0.2, 0) is 0 Å². The number of para-hydroxylation sites is 1. The van der Waals surface area contributed by atoms with Gasteiger partial charge >= 0.3 is 0 Å². The molecule has 0 aliphatic carbocycles. The van der Waals surface area contributed by atoms with Crippen LogP contribution >= 0.6 is 0 Å². The molecule has 0 radical (unpaired) electrons. The molecule has 0 saturated carbocycles. The summed E-state index contributed by atoms with van der Waals surface area (Å²) in [6.07, 6.45) is 1.64. The van der Waals surface area contributed by atoms with Crippen LogP contribution in [0.15, 0.2) is 78.9 Å². The van der Waals surface area contributed by atoms with Crippen LogP contribution in [-0.4, -0.2) is 38.1 Å². The van der Waals surface area contributed by atoms with Crippen LogP contribution in [0.5, 0.6) is 5.75 Å². The normalized spacial score (nSPS) is 14.8. The second kappa shape index (κ2) is 10.9. The summed E-state index contributed by atoms with van der Waals surface area (Å²) >= 11 is 0. The molecule has 1 heterocycles. The van der Waals surface area contributed by atoms with Crippen molar-refractivity contribution in [1.82, 2.24) is 10.6 Å². The molecule has 176 valence electrons. The molecule has 0 bridgehead atoms. The van der Waals surface area contributed by atoms with Gasteiger partial charge in [0.1, 0.15) is 5.75 Å². The van der Waals surface area contributed by atoms with Crippen LogP contribution in [0.3, 0.4) is 0 Å². The molecule has 34 heavy (non-hydrogen) atoms. The molecule has 6 nitrogen and oxygen atoms in total. The standard InChI is InChI=1S/C28H31N3O3/c1-20(21-8-4-3-5-9-21)29-28(33)25-10-6-7-11-26(25)31-18-16-23(17-19-31)30-27(32)22-12-14-24(34-2)15-13-22/h3-15,20,23H,16-19H2,1-2H3,(H,29,33)(H,30,32)/t20-/m0/s1. The van der Waals surface area contributed by atoms with Gasteiger partial charge in [0.25, 0.3) is 11.8 Å². The van der Waals surface area contributed by atoms with Crippen LogP contribution in [0, 0.1) is 0 Å². The molecule has 1 atom stereocenters. The van der Waals surface area contributed by atoms with Gasteiger partial charge in [-0.2, -0.15) is 0 Å². The Bertz CT molecular complexity index is 1110. The zero-order valence-corrected chi connectivity index (χ0v) is 19.7. The van der Waals surface area contributed by atoms with Crippen LogP contribution in [0.25, 0.3) is 0 Å². The van der Waals surface area contributed by atoms with Crippen molar-refractivity contribution in [3.8, 4) is 5.75 Å². The summed E-state index contributed by atoms with van der Waals surface area (Å²) in [5, 5.41) is 6.26. The largest absolute Gasteiger partial charge is 0.497 e. The molecule has 2 N–H and O–H groups in total. The van der Waals surface area contributed by atoms with E-state index in [1.54, 1.807) is 31.4 Å². The lowest BCUT2D eigenvalue weighted by Crippen LogP contribution is -2.45. The molecule has 0 spiro atoms. The van der Waals surface area contributed by atoms with Gasteiger partial charge in [0, 0.05) is 30.4 Å². The Morgan fingerprint density at radius 2 is 1.53 bits per heavy atom. The van der Waals surface area contributed by atoms with Crippen molar-refractivity contribution in [2.75, 3.05) is 25.1 Å². The van der Waals surface area contributed by atoms with Crippen molar-refractivity contribution in [3.05, 3.63) is 95.6 Å². The van der Waals surface area contributed by atoms with E-state index in [0.717, 1.165) is 42.9 Å². The van der Waals surface area contributed by atoms with E-state index in [-0.39, 0.29) is 23.9 Å². The van der Waals surface area contributed by atoms with Gasteiger partial charge in [0.15, 0.2) is 0 Å². The molecule has 2 amide bonds. The van der Waals surface area contributed by atoms with Gasteiger partial charge in [-0.3, -0.25) is 9.59 Å². The van der Waals surface area contributed by atoms with Crippen molar-refractivity contribution in [1.29, 1.82) is 0 Å². The number of methoxy groups -OCH3 is 1. The van der Waals surface area contributed by atoms with Crippen LogP contribution < -0.4 is 20.3 Å². The Hall–Kier alpha value is -3.80. The number of piperidine rings is 1. The lowest BCUT2D eigenvalue weighted by atomic mass is 10.0. The highest BCUT2D eigenvalue weighted by molar-refractivity contribution is 6.00. The van der Waals surface area contributed by atoms with Gasteiger partial charge in [-0.1, -0.05) is 42.5 Å². The second-order valence-electron chi connectivity index (χ2n) is 8.59. The third-order valence-electron chi connectivity index (χ3n) is 6.32. The number of rotatable bonds is 7. The number of amides is 2. The van der Waals surface area contributed by atoms with Crippen molar-refractivity contribution in [3.63, 3.8) is 0 Å². The number of carbonyl (C=O) groups excluding carboxylic acids is 2. The Morgan fingerprint density at radius 3 is 2.21 bits per heavy atom. The number of benzene rings is 3. The van der Waals surface area contributed by atoms with Gasteiger partial charge in [-0.15, -0.1) is 0 Å². The summed E-state index contributed by atoms with van der Waals surface area (Å²) in [5.74, 6) is 0.573. The highest BCUT2D eigenvalue weighted by Gasteiger charge is 2.24. The summed E-state index contributed by atoms with van der Waals surface area (Å²) < 4.78 is 5.16. The molecular formula is C28H31N3O3. The first-order valence-electron chi connectivity index (χ1n) is 11.7. The van der Waals surface area contributed by atoms with Crippen molar-refractivity contribution in [2.45, 2.75) is 31.8 Å². The molecular weight excluding hydrogens is 426 g/mol. The summed E-state index contributed by atoms with van der Waals surface area (Å²) in [7, 11) is 1.61. The maximum atomic E-state index is 13.1. The van der Waals surface area contributed by atoms with Crippen LogP contribution in [0.1, 0.15) is 52.1 Å². The van der Waals surface area contributed by atoms with E-state index < -0.39 is 0 Å². The lowest BCUT2D eigenvalue weighted by Gasteiger charge is -2.35. The zero-order chi connectivity index (χ0) is 23.9. The van der Waals surface area contributed by atoms with E-state index in [1.165, 1.54) is 0 Å². The van der Waals surface area contributed by atoms with E-state index in [9.17, 15) is 9.59 Å². The van der Waals surface area contributed by atoms with Crippen LogP contribution in [0.4, 0.5) is 5.69 Å². The molecule has 3 aromatic carbocycles. The summed E-state index contributed by atoms with van der Waals surface area (Å²) in [5.41, 5.74) is 3.30. The molecule has 1 aliphatic heterocycles. The number of nitrogens with zero attached hydrogens (tertiary/aromatic N) is 1. The van der Waals surface area contributed by atoms with Gasteiger partial charge < -0.3 is 20.3 Å². The molecule has 4 rings (SSSR count). The lowest BCUT2D eigenvalue weighted by molar-refractivity contribution is 0.0928. The zero-order valence-electron chi connectivity index (χ0n) is 19.7. The molecule has 1 aliphatic rings. The minimum atomic E-state index is -0.0827. The summed E-state index contributed by atoms with van der Waals surface area (Å²) in [4.78, 5) is 27.9. The van der Waals surface area contributed by atoms with E-state index in [4.69, 9.17) is 4.74 Å². The fourth-order valence-electron chi connectivity index (χ4n) is 4.32. The predicted molar refractivity (Wildman–Crippen MR) is 134 cm³/mol. The smallest absolute Gasteiger partial charge is 0.253 e. The van der Waals surface area contributed by atoms with Gasteiger partial charge in [-0.25, -0.2) is 0 Å². The average Bonchev–Trinajstić information content (AvgIpc) is 2.89. The number of hydrogen-bond donors (Lipinski definition) is 2. The Morgan fingerprint density at radius 1 is 0.882 bits per heavy atom. The SMILES string of the molecule is COc1ccc(C(=O)NC2CCN(c3ccccc3C(=O)N[C@@H](C)c3ccccc3)CC2)cc1. The minimum Gasteiger partial charge on any atom is -0.497 e. The van der Waals surface area contributed by atoms with E-state index in [0.29, 0.717) is 11.1 Å². The fourth-order valence-corrected chi connectivity index (χ4v) is 4.32. The van der Waals surface area contributed by atoms with Crippen molar-refractivity contribution >= 4 is 17.5 Å². The number of nitrogens with one attached hydrogen (secondary N) is 2. The fraction of sp³-hybridized carbons (Fsp3) is 0.286. The maximum absolute atomic E-state index is 13.1. The van der Waals surface area contributed by atoms with Gasteiger partial charge in [0.2, 0.25) is 0 Å². The highest BCUT2D eigenvalue weighted by Crippen LogP contribution is 2.25. The Balaban J connectivity index is 1.36. The maximum Gasteiger partial charge on any atom is 0.253 e. The molecule has 1 fully saturated rings. The molecule has 1 saturated heterocycles. The second-order valence-corrected chi connectivity index (χ2v) is 8.59. The monoisotopic (exact) mass is 457 g/mol. The summed E-state index contributed by atoms with van der Waals surface area (Å²) in [6.45, 7) is 3.53. The van der Waals surface area contributed by atoms with Crippen LogP contribution in [0.2, 0.25) is 0 Å². The molecule has 0 unspecified atom stereocenters. The topological polar surface area (TPSA) is 70.7 Å². The van der Waals surface area contributed by atoms with E-state index >= 15 is 0 Å². The van der Waals surface area contributed by atoms with Crippen molar-refractivity contribution in [2.24, 2.45) is 0 Å². The number of ether oxygens (including phenoxy) is 1. The first-order chi connectivity index (χ1) is 16.5. The quantitative estimate of drug-likeness (QED) is 0.545.